The van der Waals surface area contributed by atoms with E-state index in [4.69, 9.17) is 16.6 Å². The molecule has 0 saturated carbocycles. The third-order valence-corrected chi connectivity index (χ3v) is 7.45. The van der Waals surface area contributed by atoms with Gasteiger partial charge in [-0.15, -0.1) is 5.10 Å². The molecule has 0 amide bonds. The van der Waals surface area contributed by atoms with Crippen LogP contribution in [-0.2, 0) is 16.7 Å². The number of hydrogen-bond donors (Lipinski definition) is 0. The lowest BCUT2D eigenvalue weighted by atomic mass is 10.0. The van der Waals surface area contributed by atoms with Crippen LogP contribution >= 0.6 is 12.2 Å². The Morgan fingerprint density at radius 3 is 2.75 bits per heavy atom. The minimum atomic E-state index is -3.54. The van der Waals surface area contributed by atoms with Crippen molar-refractivity contribution in [3.8, 4) is 11.5 Å². The zero-order valence-corrected chi connectivity index (χ0v) is 18.3. The molecule has 154 valence electrons. The van der Waals surface area contributed by atoms with Crippen LogP contribution in [0.15, 0.2) is 33.6 Å². The summed E-state index contributed by atoms with van der Waals surface area (Å²) in [5.41, 5.74) is 0.602. The van der Waals surface area contributed by atoms with E-state index in [-0.39, 0.29) is 4.90 Å². The number of hydrogen-bond acceptors (Lipinski definition) is 6. The molecule has 1 aromatic carbocycles. The Labute approximate surface area is 172 Å². The Morgan fingerprint density at radius 1 is 1.32 bits per heavy atom. The highest BCUT2D eigenvalue weighted by Gasteiger charge is 2.23. The van der Waals surface area contributed by atoms with Gasteiger partial charge >= 0.3 is 0 Å². The number of sulfonamides is 1. The fourth-order valence-electron chi connectivity index (χ4n) is 3.62. The van der Waals surface area contributed by atoms with E-state index in [1.165, 1.54) is 17.1 Å². The first-order chi connectivity index (χ1) is 13.3. The van der Waals surface area contributed by atoms with Crippen LogP contribution in [0, 0.1) is 10.8 Å². The van der Waals surface area contributed by atoms with E-state index >= 15 is 0 Å². The van der Waals surface area contributed by atoms with Crippen molar-refractivity contribution in [3.63, 3.8) is 0 Å². The summed E-state index contributed by atoms with van der Waals surface area (Å²) >= 11 is 5.34. The van der Waals surface area contributed by atoms with E-state index in [0.717, 1.165) is 13.1 Å². The molecule has 0 aliphatic carbocycles. The van der Waals surface area contributed by atoms with Crippen molar-refractivity contribution in [2.45, 2.75) is 45.2 Å². The summed E-state index contributed by atoms with van der Waals surface area (Å²) in [6.45, 7) is 9.37. The lowest BCUT2D eigenvalue weighted by molar-refractivity contribution is 0.136. The van der Waals surface area contributed by atoms with E-state index in [0.29, 0.717) is 42.0 Å². The van der Waals surface area contributed by atoms with Gasteiger partial charge in [-0.3, -0.25) is 4.90 Å². The molecule has 1 unspecified atom stereocenters. The molecule has 2 heterocycles. The summed E-state index contributed by atoms with van der Waals surface area (Å²) < 4.78 is 34.4. The Hall–Kier alpha value is -1.55. The summed E-state index contributed by atoms with van der Waals surface area (Å²) in [6.07, 6.45) is 2.42. The summed E-state index contributed by atoms with van der Waals surface area (Å²) in [5.74, 6) is 1.00. The van der Waals surface area contributed by atoms with Crippen molar-refractivity contribution >= 4 is 22.2 Å². The smallest absolute Gasteiger partial charge is 0.288 e. The molecule has 0 bridgehead atoms. The molecule has 0 N–H and O–H groups in total. The highest BCUT2D eigenvalue weighted by Crippen LogP contribution is 2.24. The molecule has 1 aliphatic rings. The predicted octanol–water partition coefficient (Wildman–Crippen LogP) is 3.59. The number of benzene rings is 1. The number of nitrogens with zero attached hydrogens (tertiary/aromatic N) is 4. The maximum atomic E-state index is 12.8. The summed E-state index contributed by atoms with van der Waals surface area (Å²) in [5, 5.41) is 4.50. The largest absolute Gasteiger partial charge is 0.409 e. The van der Waals surface area contributed by atoms with Crippen molar-refractivity contribution in [2.24, 2.45) is 5.92 Å². The number of aromatic nitrogens is 2. The fourth-order valence-corrected chi connectivity index (χ4v) is 5.30. The van der Waals surface area contributed by atoms with Crippen LogP contribution in [0.5, 0.6) is 0 Å². The van der Waals surface area contributed by atoms with Crippen LogP contribution < -0.4 is 0 Å². The van der Waals surface area contributed by atoms with Gasteiger partial charge in [-0.05, 0) is 55.7 Å². The second-order valence-electron chi connectivity index (χ2n) is 7.26. The molecule has 0 radical (unpaired) electrons. The summed E-state index contributed by atoms with van der Waals surface area (Å²) in [6, 6.07) is 6.68. The zero-order chi connectivity index (χ0) is 20.3. The molecule has 1 atom stereocenters. The molecule has 7 nitrogen and oxygen atoms in total. The van der Waals surface area contributed by atoms with Gasteiger partial charge in [0.05, 0.1) is 11.6 Å². The van der Waals surface area contributed by atoms with E-state index < -0.39 is 10.0 Å². The molecule has 1 aromatic heterocycles. The topological polar surface area (TPSA) is 71.6 Å². The number of piperidine rings is 1. The Morgan fingerprint density at radius 2 is 2.07 bits per heavy atom. The highest BCUT2D eigenvalue weighted by atomic mass is 32.2. The van der Waals surface area contributed by atoms with Crippen molar-refractivity contribution < 1.29 is 12.8 Å². The van der Waals surface area contributed by atoms with Gasteiger partial charge in [-0.2, -0.15) is 4.31 Å². The normalized spacial score (nSPS) is 18.6. The van der Waals surface area contributed by atoms with Crippen molar-refractivity contribution in [1.82, 2.24) is 19.0 Å². The monoisotopic (exact) mass is 424 g/mol. The minimum Gasteiger partial charge on any atom is -0.409 e. The van der Waals surface area contributed by atoms with Crippen LogP contribution in [0.3, 0.4) is 0 Å². The van der Waals surface area contributed by atoms with Gasteiger partial charge < -0.3 is 4.42 Å². The Kier molecular flexibility index (Phi) is 6.69. The second kappa shape index (κ2) is 8.86. The van der Waals surface area contributed by atoms with Gasteiger partial charge in [-0.25, -0.2) is 13.1 Å². The van der Waals surface area contributed by atoms with Crippen LogP contribution in [0.25, 0.3) is 11.5 Å². The van der Waals surface area contributed by atoms with Gasteiger partial charge in [0, 0.05) is 25.2 Å². The number of rotatable bonds is 7. The lowest BCUT2D eigenvalue weighted by Crippen LogP contribution is -2.36. The van der Waals surface area contributed by atoms with Gasteiger partial charge in [0.1, 0.15) is 0 Å². The quantitative estimate of drug-likeness (QED) is 0.633. The molecule has 2 aromatic rings. The van der Waals surface area contributed by atoms with Crippen LogP contribution in [-0.4, -0.2) is 53.6 Å². The van der Waals surface area contributed by atoms with Crippen molar-refractivity contribution in [2.75, 3.05) is 26.2 Å². The SMILES string of the molecule is CCN(CC)S(=O)(=O)c1cccc(-c2nn(CN3CCCC(C)C3)c(=S)o2)c1. The van der Waals surface area contributed by atoms with E-state index in [1.807, 2.05) is 13.8 Å². The average molecular weight is 425 g/mol. The first kappa shape index (κ1) is 21.2. The van der Waals surface area contributed by atoms with E-state index in [1.54, 1.807) is 28.9 Å². The van der Waals surface area contributed by atoms with Gasteiger partial charge in [0.25, 0.3) is 4.84 Å². The zero-order valence-electron chi connectivity index (χ0n) is 16.7. The van der Waals surface area contributed by atoms with Crippen LogP contribution in [0.4, 0.5) is 0 Å². The molecule has 9 heteroatoms. The maximum absolute atomic E-state index is 12.8. The highest BCUT2D eigenvalue weighted by molar-refractivity contribution is 7.89. The summed E-state index contributed by atoms with van der Waals surface area (Å²) in [4.78, 5) is 2.84. The first-order valence-corrected chi connectivity index (χ1v) is 11.6. The molecular formula is C19H28N4O3S2. The Balaban J connectivity index is 1.86. The van der Waals surface area contributed by atoms with Gasteiger partial charge in [0.15, 0.2) is 0 Å². The lowest BCUT2D eigenvalue weighted by Gasteiger charge is -2.30. The maximum Gasteiger partial charge on any atom is 0.288 e. The average Bonchev–Trinajstić information content (AvgIpc) is 3.03. The Bertz CT molecular complexity index is 964. The van der Waals surface area contributed by atoms with Gasteiger partial charge in [0.2, 0.25) is 15.9 Å². The van der Waals surface area contributed by atoms with Crippen LogP contribution in [0.1, 0.15) is 33.6 Å². The molecule has 1 aliphatic heterocycles. The van der Waals surface area contributed by atoms with Gasteiger partial charge in [-0.1, -0.05) is 26.8 Å². The molecule has 3 rings (SSSR count). The standard InChI is InChI=1S/C19H28N4O3S2/c1-4-22(5-2)28(24,25)17-10-6-9-16(12-17)18-20-23(19(27)26-18)14-21-11-7-8-15(3)13-21/h6,9-10,12,15H,4-5,7-8,11,13-14H2,1-3H3. The fraction of sp³-hybridized carbons (Fsp3) is 0.579. The molecule has 0 spiro atoms. The third-order valence-electron chi connectivity index (χ3n) is 5.11. The number of likely N-dealkylation sites (tertiary alicyclic amines) is 1. The van der Waals surface area contributed by atoms with Crippen molar-refractivity contribution in [1.29, 1.82) is 0 Å². The third kappa shape index (κ3) is 4.53. The van der Waals surface area contributed by atoms with E-state index in [9.17, 15) is 8.42 Å². The van der Waals surface area contributed by atoms with Crippen LogP contribution in [0.2, 0.25) is 0 Å². The summed E-state index contributed by atoms with van der Waals surface area (Å²) in [7, 11) is -3.54. The second-order valence-corrected chi connectivity index (χ2v) is 9.54. The molecule has 1 fully saturated rings. The molecule has 1 saturated heterocycles. The van der Waals surface area contributed by atoms with E-state index in [2.05, 4.69) is 16.9 Å². The predicted molar refractivity (Wildman–Crippen MR) is 111 cm³/mol. The minimum absolute atomic E-state index is 0.231. The first-order valence-electron chi connectivity index (χ1n) is 9.76. The van der Waals surface area contributed by atoms with Crippen molar-refractivity contribution in [3.05, 3.63) is 29.1 Å². The molecular weight excluding hydrogens is 396 g/mol. The molecule has 28 heavy (non-hydrogen) atoms.